The number of carbonyl (C=O) groups is 1. The zero-order valence-corrected chi connectivity index (χ0v) is 12.3. The summed E-state index contributed by atoms with van der Waals surface area (Å²) >= 11 is 0. The van der Waals surface area contributed by atoms with E-state index in [1.54, 1.807) is 0 Å². The lowest BCUT2D eigenvalue weighted by Crippen LogP contribution is -2.20. The summed E-state index contributed by atoms with van der Waals surface area (Å²) in [6.45, 7) is 3.13. The van der Waals surface area contributed by atoms with Gasteiger partial charge in [0.1, 0.15) is 12.3 Å². The fourth-order valence-corrected chi connectivity index (χ4v) is 2.03. The number of aromatic nitrogens is 2. The van der Waals surface area contributed by atoms with Crippen molar-refractivity contribution in [2.45, 2.75) is 26.8 Å². The van der Waals surface area contributed by atoms with E-state index >= 15 is 0 Å². The third kappa shape index (κ3) is 4.28. The quantitative estimate of drug-likeness (QED) is 0.892. The lowest BCUT2D eigenvalue weighted by Gasteiger charge is -2.11. The van der Waals surface area contributed by atoms with Crippen LogP contribution in [0.1, 0.15) is 11.1 Å². The van der Waals surface area contributed by atoms with Crippen LogP contribution in [-0.2, 0) is 11.3 Å². The van der Waals surface area contributed by atoms with E-state index in [4.69, 9.17) is 4.74 Å². The standard InChI is InChI=1S/C15H17F2N3O2/c1-10-4-3-5-11(2)15(10)22-9-14(21)19-12-6-18-20(7-12)8-13(16)17/h3-7,13H,8-9H2,1-2H3,(H,19,21). The summed E-state index contributed by atoms with van der Waals surface area (Å²) in [4.78, 5) is 11.8. The van der Waals surface area contributed by atoms with Crippen LogP contribution in [0.25, 0.3) is 0 Å². The molecule has 1 amide bonds. The van der Waals surface area contributed by atoms with Crippen molar-refractivity contribution in [3.63, 3.8) is 0 Å². The van der Waals surface area contributed by atoms with E-state index in [1.165, 1.54) is 12.4 Å². The van der Waals surface area contributed by atoms with Gasteiger partial charge in [0.25, 0.3) is 12.3 Å². The number of aryl methyl sites for hydroxylation is 2. The van der Waals surface area contributed by atoms with E-state index in [0.717, 1.165) is 15.8 Å². The van der Waals surface area contributed by atoms with Gasteiger partial charge < -0.3 is 10.1 Å². The maximum atomic E-state index is 12.2. The van der Waals surface area contributed by atoms with Crippen LogP contribution in [0, 0.1) is 13.8 Å². The molecule has 5 nitrogen and oxygen atoms in total. The third-order valence-corrected chi connectivity index (χ3v) is 3.00. The lowest BCUT2D eigenvalue weighted by molar-refractivity contribution is -0.118. The molecule has 0 fully saturated rings. The summed E-state index contributed by atoms with van der Waals surface area (Å²) in [5.41, 5.74) is 2.24. The molecule has 7 heteroatoms. The number of nitrogens with one attached hydrogen (secondary N) is 1. The number of alkyl halides is 2. The first-order valence-corrected chi connectivity index (χ1v) is 6.75. The van der Waals surface area contributed by atoms with E-state index in [1.807, 2.05) is 32.0 Å². The fraction of sp³-hybridized carbons (Fsp3) is 0.333. The largest absolute Gasteiger partial charge is 0.483 e. The van der Waals surface area contributed by atoms with Crippen LogP contribution in [0.2, 0.25) is 0 Å². The van der Waals surface area contributed by atoms with Crippen LogP contribution in [0.4, 0.5) is 14.5 Å². The highest BCUT2D eigenvalue weighted by atomic mass is 19.3. The smallest absolute Gasteiger partial charge is 0.262 e. The molecule has 0 aliphatic carbocycles. The van der Waals surface area contributed by atoms with E-state index in [0.29, 0.717) is 11.4 Å². The molecular weight excluding hydrogens is 292 g/mol. The van der Waals surface area contributed by atoms with Crippen LogP contribution in [0.15, 0.2) is 30.6 Å². The number of ether oxygens (including phenoxy) is 1. The summed E-state index contributed by atoms with van der Waals surface area (Å²) in [6, 6.07) is 5.71. The van der Waals surface area contributed by atoms with Crippen molar-refractivity contribution < 1.29 is 18.3 Å². The van der Waals surface area contributed by atoms with Gasteiger partial charge in [0.05, 0.1) is 11.9 Å². The molecule has 1 aromatic carbocycles. The maximum absolute atomic E-state index is 12.2. The highest BCUT2D eigenvalue weighted by Gasteiger charge is 2.10. The number of hydrogen-bond acceptors (Lipinski definition) is 3. The minimum Gasteiger partial charge on any atom is -0.483 e. The molecule has 0 radical (unpaired) electrons. The van der Waals surface area contributed by atoms with Crippen LogP contribution < -0.4 is 10.1 Å². The summed E-state index contributed by atoms with van der Waals surface area (Å²) in [5, 5.41) is 6.29. The number of amides is 1. The number of rotatable bonds is 6. The lowest BCUT2D eigenvalue weighted by atomic mass is 10.1. The molecule has 22 heavy (non-hydrogen) atoms. The molecule has 0 atom stereocenters. The number of benzene rings is 1. The Morgan fingerprint density at radius 3 is 2.68 bits per heavy atom. The van der Waals surface area contributed by atoms with Gasteiger partial charge in [-0.2, -0.15) is 5.10 Å². The molecule has 1 N–H and O–H groups in total. The summed E-state index contributed by atoms with van der Waals surface area (Å²) in [6.07, 6.45) is 0.179. The molecule has 0 aliphatic rings. The Bertz CT molecular complexity index is 636. The maximum Gasteiger partial charge on any atom is 0.262 e. The van der Waals surface area contributed by atoms with E-state index in [2.05, 4.69) is 10.4 Å². The number of para-hydroxylation sites is 1. The van der Waals surface area contributed by atoms with Gasteiger partial charge in [0.2, 0.25) is 0 Å². The molecule has 1 aromatic heterocycles. The van der Waals surface area contributed by atoms with Crippen LogP contribution in [0.5, 0.6) is 5.75 Å². The van der Waals surface area contributed by atoms with Gasteiger partial charge in [0.15, 0.2) is 6.61 Å². The second-order valence-corrected chi connectivity index (χ2v) is 4.90. The molecule has 0 spiro atoms. The predicted molar refractivity (Wildman–Crippen MR) is 78.3 cm³/mol. The van der Waals surface area contributed by atoms with Gasteiger partial charge in [-0.3, -0.25) is 9.48 Å². The fourth-order valence-electron chi connectivity index (χ4n) is 2.03. The highest BCUT2D eigenvalue weighted by Crippen LogP contribution is 2.22. The molecule has 0 saturated heterocycles. The Morgan fingerprint density at radius 1 is 1.36 bits per heavy atom. The van der Waals surface area contributed by atoms with Gasteiger partial charge in [-0.1, -0.05) is 18.2 Å². The van der Waals surface area contributed by atoms with E-state index < -0.39 is 13.0 Å². The van der Waals surface area contributed by atoms with Crippen molar-refractivity contribution in [2.75, 3.05) is 11.9 Å². The summed E-state index contributed by atoms with van der Waals surface area (Å²) in [7, 11) is 0. The first kappa shape index (κ1) is 15.9. The van der Waals surface area contributed by atoms with Crippen molar-refractivity contribution in [3.8, 4) is 5.75 Å². The number of anilines is 1. The Labute approximate surface area is 126 Å². The van der Waals surface area contributed by atoms with Gasteiger partial charge in [-0.25, -0.2) is 8.78 Å². The zero-order valence-electron chi connectivity index (χ0n) is 12.3. The zero-order chi connectivity index (χ0) is 16.1. The number of hydrogen-bond donors (Lipinski definition) is 1. The monoisotopic (exact) mass is 309 g/mol. The number of halogens is 2. The Morgan fingerprint density at radius 2 is 2.05 bits per heavy atom. The van der Waals surface area contributed by atoms with Crippen molar-refractivity contribution in [1.29, 1.82) is 0 Å². The molecule has 2 aromatic rings. The SMILES string of the molecule is Cc1cccc(C)c1OCC(=O)Nc1cnn(CC(F)F)c1. The number of carbonyl (C=O) groups excluding carboxylic acids is 1. The molecular formula is C15H17F2N3O2. The van der Waals surface area contributed by atoms with Crippen molar-refractivity contribution in [3.05, 3.63) is 41.7 Å². The average molecular weight is 309 g/mol. The van der Waals surface area contributed by atoms with Crippen LogP contribution >= 0.6 is 0 Å². The average Bonchev–Trinajstić information content (AvgIpc) is 2.84. The van der Waals surface area contributed by atoms with E-state index in [9.17, 15) is 13.6 Å². The molecule has 2 rings (SSSR count). The highest BCUT2D eigenvalue weighted by molar-refractivity contribution is 5.91. The Kier molecular flexibility index (Phi) is 5.08. The Balaban J connectivity index is 1.89. The van der Waals surface area contributed by atoms with E-state index in [-0.39, 0.29) is 12.5 Å². The molecule has 0 aliphatic heterocycles. The molecule has 118 valence electrons. The second-order valence-electron chi connectivity index (χ2n) is 4.90. The van der Waals surface area contributed by atoms with Crippen molar-refractivity contribution >= 4 is 11.6 Å². The topological polar surface area (TPSA) is 56.1 Å². The summed E-state index contributed by atoms with van der Waals surface area (Å²) < 4.78 is 31.0. The third-order valence-electron chi connectivity index (χ3n) is 3.00. The normalized spacial score (nSPS) is 10.8. The molecule has 0 saturated carbocycles. The number of nitrogens with zero attached hydrogens (tertiary/aromatic N) is 2. The first-order chi connectivity index (χ1) is 10.5. The van der Waals surface area contributed by atoms with Gasteiger partial charge >= 0.3 is 0 Å². The van der Waals surface area contributed by atoms with Crippen LogP contribution in [-0.4, -0.2) is 28.7 Å². The molecule has 1 heterocycles. The first-order valence-electron chi connectivity index (χ1n) is 6.75. The molecule has 0 unspecified atom stereocenters. The van der Waals surface area contributed by atoms with Crippen molar-refractivity contribution in [2.24, 2.45) is 0 Å². The minimum atomic E-state index is -2.49. The summed E-state index contributed by atoms with van der Waals surface area (Å²) in [5.74, 6) is 0.297. The van der Waals surface area contributed by atoms with Crippen molar-refractivity contribution in [1.82, 2.24) is 9.78 Å². The Hall–Kier alpha value is -2.44. The van der Waals surface area contributed by atoms with Gasteiger partial charge in [-0.05, 0) is 25.0 Å². The van der Waals surface area contributed by atoms with Crippen LogP contribution in [0.3, 0.4) is 0 Å². The van der Waals surface area contributed by atoms with Gasteiger partial charge in [-0.15, -0.1) is 0 Å². The van der Waals surface area contributed by atoms with Gasteiger partial charge in [0, 0.05) is 6.20 Å². The second kappa shape index (κ2) is 7.02. The minimum absolute atomic E-state index is 0.161. The molecule has 0 bridgehead atoms. The predicted octanol–water partition coefficient (Wildman–Crippen LogP) is 2.78.